The van der Waals surface area contributed by atoms with Crippen LogP contribution in [0.1, 0.15) is 128 Å². The summed E-state index contributed by atoms with van der Waals surface area (Å²) in [4.78, 5) is -0.0826. The summed E-state index contributed by atoms with van der Waals surface area (Å²) in [6, 6.07) is 9.40. The van der Waals surface area contributed by atoms with Crippen LogP contribution in [0.15, 0.2) is 35.2 Å². The van der Waals surface area contributed by atoms with Crippen molar-refractivity contribution in [2.45, 2.75) is 134 Å². The fourth-order valence-electron chi connectivity index (χ4n) is 4.93. The molecule has 0 aliphatic heterocycles. The summed E-state index contributed by atoms with van der Waals surface area (Å²) in [7, 11) is -4.48. The van der Waals surface area contributed by atoms with Gasteiger partial charge in [-0.1, -0.05) is 128 Å². The fourth-order valence-corrected chi connectivity index (χ4v) is 5.61. The maximum atomic E-state index is 11.8. The summed E-state index contributed by atoms with van der Waals surface area (Å²) in [5.41, 5.74) is 2.42. The zero-order chi connectivity index (χ0) is 24.7. The molecule has 0 radical (unpaired) electrons. The second kappa shape index (κ2) is 19.3. The van der Waals surface area contributed by atoms with Gasteiger partial charge in [0, 0.05) is 0 Å². The van der Waals surface area contributed by atoms with E-state index in [1.807, 2.05) is 18.2 Å². The van der Waals surface area contributed by atoms with E-state index in [9.17, 15) is 13.0 Å². The third-order valence-electron chi connectivity index (χ3n) is 7.02. The predicted octanol–water partition coefficient (Wildman–Crippen LogP) is 6.11. The predicted molar refractivity (Wildman–Crippen MR) is 145 cm³/mol. The minimum Gasteiger partial charge on any atom is -0.744 e. The van der Waals surface area contributed by atoms with Crippen molar-refractivity contribution >= 4 is 20.9 Å². The normalized spacial score (nSPS) is 11.6. The molecule has 2 rings (SSSR count). The van der Waals surface area contributed by atoms with Crippen molar-refractivity contribution in [3.63, 3.8) is 0 Å². The number of aryl methyl sites for hydroxylation is 2. The van der Waals surface area contributed by atoms with E-state index in [4.69, 9.17) is 0 Å². The zero-order valence-electron chi connectivity index (χ0n) is 22.7. The van der Waals surface area contributed by atoms with E-state index in [1.165, 1.54) is 107 Å². The Morgan fingerprint density at radius 2 is 1.09 bits per heavy atom. The first-order valence-corrected chi connectivity index (χ1v) is 15.4. The summed E-state index contributed by atoms with van der Waals surface area (Å²) in [6.07, 6.45) is 22.5. The van der Waals surface area contributed by atoms with E-state index in [-0.39, 0.29) is 56.3 Å². The van der Waals surface area contributed by atoms with Gasteiger partial charge >= 0.3 is 51.4 Å². The van der Waals surface area contributed by atoms with Crippen LogP contribution in [0.3, 0.4) is 0 Å². The van der Waals surface area contributed by atoms with Crippen LogP contribution >= 0.6 is 0 Å². The molecular weight excluding hydrogens is 479 g/mol. The van der Waals surface area contributed by atoms with Gasteiger partial charge in [-0.05, 0) is 53.6 Å². The molecule has 0 aromatic heterocycles. The Hall–Kier alpha value is 0.246. The molecule has 5 heteroatoms. The van der Waals surface area contributed by atoms with E-state index in [1.54, 1.807) is 0 Å². The van der Waals surface area contributed by atoms with Crippen LogP contribution in [0.5, 0.6) is 0 Å². The molecule has 0 atom stereocenters. The molecule has 0 N–H and O–H groups in total. The Labute approximate surface area is 258 Å². The topological polar surface area (TPSA) is 57.2 Å². The first-order valence-electron chi connectivity index (χ1n) is 14.0. The van der Waals surface area contributed by atoms with Gasteiger partial charge in [0.2, 0.25) is 0 Å². The van der Waals surface area contributed by atoms with Crippen LogP contribution < -0.4 is 51.4 Å². The molecule has 0 unspecified atom stereocenters. The average Bonchev–Trinajstić information content (AvgIpc) is 2.81. The molecule has 0 amide bonds. The fraction of sp³-hybridized carbons (Fsp3) is 0.667. The molecule has 0 heterocycles. The van der Waals surface area contributed by atoms with Crippen molar-refractivity contribution in [1.82, 2.24) is 0 Å². The number of rotatable bonds is 19. The van der Waals surface area contributed by atoms with Gasteiger partial charge in [-0.3, -0.25) is 0 Å². The number of hydrogen-bond acceptors (Lipinski definition) is 3. The van der Waals surface area contributed by atoms with Crippen LogP contribution in [0.25, 0.3) is 10.8 Å². The molecule has 3 nitrogen and oxygen atoms in total. The first-order chi connectivity index (χ1) is 16.5. The molecule has 0 bridgehead atoms. The summed E-state index contributed by atoms with van der Waals surface area (Å²) >= 11 is 0. The van der Waals surface area contributed by atoms with Crippen molar-refractivity contribution in [3.05, 3.63) is 41.5 Å². The average molecular weight is 527 g/mol. The monoisotopic (exact) mass is 526 g/mol. The van der Waals surface area contributed by atoms with Crippen molar-refractivity contribution in [2.75, 3.05) is 0 Å². The van der Waals surface area contributed by atoms with Crippen LogP contribution in [-0.4, -0.2) is 13.0 Å². The second-order valence-electron chi connectivity index (χ2n) is 10.0. The summed E-state index contributed by atoms with van der Waals surface area (Å²) in [6.45, 7) is 4.49. The Kier molecular flexibility index (Phi) is 18.4. The molecule has 2 aromatic rings. The quantitative estimate of drug-likeness (QED) is 0.126. The molecule has 0 saturated heterocycles. The smallest absolute Gasteiger partial charge is 0.744 e. The van der Waals surface area contributed by atoms with Crippen LogP contribution in [-0.2, 0) is 23.0 Å². The first kappa shape index (κ1) is 33.3. The number of fused-ring (bicyclic) bond motifs is 1. The van der Waals surface area contributed by atoms with Gasteiger partial charge in [0.05, 0.1) is 4.90 Å². The Morgan fingerprint density at radius 3 is 1.60 bits per heavy atom. The van der Waals surface area contributed by atoms with Crippen LogP contribution in [0.2, 0.25) is 0 Å². The Morgan fingerprint density at radius 1 is 0.600 bits per heavy atom. The van der Waals surface area contributed by atoms with Gasteiger partial charge in [0.25, 0.3) is 0 Å². The molecule has 0 spiro atoms. The van der Waals surface area contributed by atoms with Crippen molar-refractivity contribution in [1.29, 1.82) is 0 Å². The van der Waals surface area contributed by atoms with E-state index in [0.29, 0.717) is 5.39 Å². The molecule has 0 aliphatic rings. The van der Waals surface area contributed by atoms with Gasteiger partial charge in [-0.15, -0.1) is 0 Å². The summed E-state index contributed by atoms with van der Waals surface area (Å²) < 4.78 is 35.5. The van der Waals surface area contributed by atoms with E-state index >= 15 is 0 Å². The van der Waals surface area contributed by atoms with Crippen LogP contribution in [0, 0.1) is 0 Å². The molecule has 0 fully saturated rings. The maximum absolute atomic E-state index is 11.8. The third kappa shape index (κ3) is 13.0. The number of unbranched alkanes of at least 4 members (excludes halogenated alkanes) is 14. The van der Waals surface area contributed by atoms with E-state index in [2.05, 4.69) is 19.9 Å². The number of hydrogen-bond donors (Lipinski definition) is 0. The molecular formula is C30H47KO3S. The van der Waals surface area contributed by atoms with Crippen LogP contribution in [0.4, 0.5) is 0 Å². The Bertz CT molecular complexity index is 940. The largest absolute Gasteiger partial charge is 1.00 e. The molecule has 192 valence electrons. The Balaban J connectivity index is 0.00000612. The van der Waals surface area contributed by atoms with Gasteiger partial charge < -0.3 is 4.55 Å². The molecule has 0 aliphatic carbocycles. The van der Waals surface area contributed by atoms with Gasteiger partial charge in [0.1, 0.15) is 10.1 Å². The second-order valence-corrected chi connectivity index (χ2v) is 11.4. The van der Waals surface area contributed by atoms with E-state index in [0.717, 1.165) is 31.1 Å². The van der Waals surface area contributed by atoms with Gasteiger partial charge in [0.15, 0.2) is 0 Å². The molecule has 2 aromatic carbocycles. The standard InChI is InChI=1S/C30H48O3S.K/c1-3-5-7-9-11-13-15-17-19-26-21-23-28-29(25-26)27(22-24-30(28)34(31,32)33)20-18-16-14-12-10-8-6-4-2;/h21-25H,3-20H2,1-2H3,(H,31,32,33);/q;+1/p-1. The van der Waals surface area contributed by atoms with Gasteiger partial charge in [-0.2, -0.15) is 0 Å². The molecule has 0 saturated carbocycles. The van der Waals surface area contributed by atoms with Crippen molar-refractivity contribution in [2.24, 2.45) is 0 Å². The van der Waals surface area contributed by atoms with Crippen molar-refractivity contribution in [3.8, 4) is 0 Å². The van der Waals surface area contributed by atoms with E-state index < -0.39 is 10.1 Å². The summed E-state index contributed by atoms with van der Waals surface area (Å²) in [5.74, 6) is 0. The maximum Gasteiger partial charge on any atom is 1.00 e. The minimum absolute atomic E-state index is 0. The third-order valence-corrected chi connectivity index (χ3v) is 7.91. The molecule has 35 heavy (non-hydrogen) atoms. The van der Waals surface area contributed by atoms with Crippen molar-refractivity contribution < 1.29 is 64.4 Å². The SMILES string of the molecule is CCCCCCCCCCc1ccc2c(S(=O)(=O)[O-])ccc(CCCCCCCCCC)c2c1.[K+]. The number of benzene rings is 2. The summed E-state index contributed by atoms with van der Waals surface area (Å²) in [5, 5.41) is 1.55. The zero-order valence-corrected chi connectivity index (χ0v) is 26.7. The van der Waals surface area contributed by atoms with Gasteiger partial charge in [-0.25, -0.2) is 8.42 Å². The minimum atomic E-state index is -4.48.